The summed E-state index contributed by atoms with van der Waals surface area (Å²) in [6.45, 7) is 3.37. The highest BCUT2D eigenvalue weighted by molar-refractivity contribution is 14.0. The number of aryl methyl sites for hydroxylation is 1. The molecule has 1 aromatic heterocycles. The van der Waals surface area contributed by atoms with Gasteiger partial charge in [-0.15, -0.1) is 24.0 Å². The molecule has 0 fully saturated rings. The van der Waals surface area contributed by atoms with Gasteiger partial charge in [-0.1, -0.05) is 6.07 Å². The minimum Gasteiger partial charge on any atom is -0.494 e. The van der Waals surface area contributed by atoms with Crippen molar-refractivity contribution >= 4 is 29.9 Å². The molecule has 2 rings (SSSR count). The van der Waals surface area contributed by atoms with Gasteiger partial charge in [0.25, 0.3) is 0 Å². The van der Waals surface area contributed by atoms with Crippen LogP contribution in [0.3, 0.4) is 0 Å². The molecule has 1 N–H and O–H groups in total. The summed E-state index contributed by atoms with van der Waals surface area (Å²) in [6.07, 6.45) is 4.56. The van der Waals surface area contributed by atoms with E-state index in [1.807, 2.05) is 36.5 Å². The normalized spacial score (nSPS) is 10.9. The second-order valence-corrected chi connectivity index (χ2v) is 5.85. The van der Waals surface area contributed by atoms with Crippen LogP contribution in [0.1, 0.15) is 16.7 Å². The van der Waals surface area contributed by atoms with Crippen LogP contribution in [0.2, 0.25) is 0 Å². The van der Waals surface area contributed by atoms with E-state index in [1.165, 1.54) is 24.3 Å². The van der Waals surface area contributed by atoms with Gasteiger partial charge in [-0.2, -0.15) is 0 Å². The van der Waals surface area contributed by atoms with Crippen molar-refractivity contribution in [3.8, 4) is 5.75 Å². The quantitative estimate of drug-likeness (QED) is 0.398. The van der Waals surface area contributed by atoms with Crippen LogP contribution in [-0.2, 0) is 13.0 Å². The topological polar surface area (TPSA) is 49.8 Å². The molecule has 0 saturated heterocycles. The number of ether oxygens (including phenoxy) is 1. The zero-order valence-electron chi connectivity index (χ0n) is 15.6. The van der Waals surface area contributed by atoms with Gasteiger partial charge in [0.05, 0.1) is 7.11 Å². The maximum atomic E-state index is 13.8. The average Bonchev–Trinajstić information content (AvgIpc) is 2.60. The van der Waals surface area contributed by atoms with Gasteiger partial charge >= 0.3 is 0 Å². The molecular weight excluding hydrogens is 446 g/mol. The number of nitrogens with one attached hydrogen (secondary N) is 1. The average molecular weight is 472 g/mol. The van der Waals surface area contributed by atoms with Crippen molar-refractivity contribution < 1.29 is 9.13 Å². The van der Waals surface area contributed by atoms with Gasteiger partial charge in [0.15, 0.2) is 17.5 Å². The second-order valence-electron chi connectivity index (χ2n) is 5.85. The van der Waals surface area contributed by atoms with E-state index >= 15 is 0 Å². The van der Waals surface area contributed by atoms with E-state index in [4.69, 9.17) is 4.74 Å². The number of nitrogens with zero attached hydrogens (tertiary/aromatic N) is 3. The molecule has 5 nitrogen and oxygen atoms in total. The van der Waals surface area contributed by atoms with E-state index in [-0.39, 0.29) is 35.5 Å². The van der Waals surface area contributed by atoms with Crippen molar-refractivity contribution in [2.45, 2.75) is 19.9 Å². The third kappa shape index (κ3) is 6.12. The summed E-state index contributed by atoms with van der Waals surface area (Å²) in [6, 6.07) is 7.01. The summed E-state index contributed by atoms with van der Waals surface area (Å²) < 4.78 is 18.8. The zero-order chi connectivity index (χ0) is 18.2. The highest BCUT2D eigenvalue weighted by atomic mass is 127. The Morgan fingerprint density at radius 3 is 2.73 bits per heavy atom. The van der Waals surface area contributed by atoms with E-state index < -0.39 is 0 Å². The Bertz CT molecular complexity index is 739. The maximum Gasteiger partial charge on any atom is 0.193 e. The fraction of sp³-hybridized carbons (Fsp3) is 0.368. The lowest BCUT2D eigenvalue weighted by Crippen LogP contribution is -2.39. The standard InChI is InChI=1S/C19H25FN4O.HI/c1-14-12-22-9-7-16(14)8-10-23-19(21-2)24(3)13-15-5-6-18(25-4)17(20)11-15;/h5-7,9,11-12H,8,10,13H2,1-4H3,(H,21,23);1H. The van der Waals surface area contributed by atoms with Crippen LogP contribution in [-0.4, -0.2) is 43.6 Å². The van der Waals surface area contributed by atoms with Crippen molar-refractivity contribution in [2.75, 3.05) is 27.7 Å². The summed E-state index contributed by atoms with van der Waals surface area (Å²) in [7, 11) is 5.13. The Labute approximate surface area is 171 Å². The summed E-state index contributed by atoms with van der Waals surface area (Å²) in [4.78, 5) is 10.4. The van der Waals surface area contributed by atoms with Crippen LogP contribution in [0.5, 0.6) is 5.75 Å². The number of hydrogen-bond donors (Lipinski definition) is 1. The predicted molar refractivity (Wildman–Crippen MR) is 114 cm³/mol. The molecule has 1 aromatic carbocycles. The first-order valence-corrected chi connectivity index (χ1v) is 8.18. The van der Waals surface area contributed by atoms with Crippen molar-refractivity contribution in [1.29, 1.82) is 0 Å². The summed E-state index contributed by atoms with van der Waals surface area (Å²) in [5.74, 6) is 0.661. The molecule has 0 amide bonds. The number of guanidine groups is 1. The number of aromatic nitrogens is 1. The molecule has 26 heavy (non-hydrogen) atoms. The van der Waals surface area contributed by atoms with Crippen molar-refractivity contribution in [3.63, 3.8) is 0 Å². The van der Waals surface area contributed by atoms with Gasteiger partial charge in [0.1, 0.15) is 0 Å². The zero-order valence-corrected chi connectivity index (χ0v) is 18.0. The minimum absolute atomic E-state index is 0. The number of methoxy groups -OCH3 is 1. The lowest BCUT2D eigenvalue weighted by molar-refractivity contribution is 0.385. The monoisotopic (exact) mass is 472 g/mol. The molecule has 0 aliphatic rings. The second kappa shape index (κ2) is 10.9. The largest absolute Gasteiger partial charge is 0.494 e. The summed E-state index contributed by atoms with van der Waals surface area (Å²) in [5.41, 5.74) is 3.30. The fourth-order valence-electron chi connectivity index (χ4n) is 2.63. The van der Waals surface area contributed by atoms with Gasteiger partial charge in [0.2, 0.25) is 0 Å². The van der Waals surface area contributed by atoms with Crippen LogP contribution in [0, 0.1) is 12.7 Å². The Kier molecular flexibility index (Phi) is 9.32. The van der Waals surface area contributed by atoms with E-state index in [0.717, 1.165) is 24.5 Å². The number of rotatable bonds is 6. The Morgan fingerprint density at radius 1 is 1.35 bits per heavy atom. The molecular formula is C19H26FIN4O. The maximum absolute atomic E-state index is 13.8. The highest BCUT2D eigenvalue weighted by Gasteiger charge is 2.09. The van der Waals surface area contributed by atoms with Gasteiger partial charge in [-0.25, -0.2) is 4.39 Å². The van der Waals surface area contributed by atoms with Crippen LogP contribution in [0.25, 0.3) is 0 Å². The van der Waals surface area contributed by atoms with Crippen molar-refractivity contribution in [3.05, 3.63) is 59.2 Å². The van der Waals surface area contributed by atoms with Crippen molar-refractivity contribution in [1.82, 2.24) is 15.2 Å². The SMILES string of the molecule is CN=C(NCCc1ccncc1C)N(C)Cc1ccc(OC)c(F)c1.I. The lowest BCUT2D eigenvalue weighted by atomic mass is 10.1. The van der Waals surface area contributed by atoms with Crippen LogP contribution < -0.4 is 10.1 Å². The van der Waals surface area contributed by atoms with Gasteiger partial charge < -0.3 is 15.0 Å². The molecule has 2 aromatic rings. The van der Waals surface area contributed by atoms with E-state index in [9.17, 15) is 4.39 Å². The Hall–Kier alpha value is -1.90. The smallest absolute Gasteiger partial charge is 0.193 e. The van der Waals surface area contributed by atoms with Crippen molar-refractivity contribution in [2.24, 2.45) is 4.99 Å². The molecule has 0 aliphatic carbocycles. The molecule has 1 heterocycles. The predicted octanol–water partition coefficient (Wildman–Crippen LogP) is 3.41. The van der Waals surface area contributed by atoms with Gasteiger partial charge in [-0.05, 0) is 48.2 Å². The molecule has 0 radical (unpaired) electrons. The van der Waals surface area contributed by atoms with Crippen LogP contribution in [0.15, 0.2) is 41.7 Å². The molecule has 0 aliphatic heterocycles. The molecule has 0 unspecified atom stereocenters. The number of hydrogen-bond acceptors (Lipinski definition) is 3. The summed E-state index contributed by atoms with van der Waals surface area (Å²) >= 11 is 0. The summed E-state index contributed by atoms with van der Waals surface area (Å²) in [5, 5.41) is 3.34. The van der Waals surface area contributed by atoms with E-state index in [2.05, 4.69) is 22.2 Å². The van der Waals surface area contributed by atoms with Gasteiger partial charge in [-0.3, -0.25) is 9.98 Å². The molecule has 0 saturated carbocycles. The fourth-order valence-corrected chi connectivity index (χ4v) is 2.63. The minimum atomic E-state index is -0.357. The number of pyridine rings is 1. The molecule has 0 bridgehead atoms. The highest BCUT2D eigenvalue weighted by Crippen LogP contribution is 2.18. The van der Waals surface area contributed by atoms with E-state index in [1.54, 1.807) is 13.1 Å². The first-order chi connectivity index (χ1) is 12.0. The number of aliphatic imine (C=N–C) groups is 1. The molecule has 0 atom stereocenters. The van der Waals surface area contributed by atoms with Gasteiger partial charge in [0, 0.05) is 39.6 Å². The number of halogens is 2. The van der Waals surface area contributed by atoms with Crippen LogP contribution >= 0.6 is 24.0 Å². The van der Waals surface area contributed by atoms with E-state index in [0.29, 0.717) is 6.54 Å². The Balaban J connectivity index is 0.00000338. The third-order valence-corrected chi connectivity index (χ3v) is 4.02. The Morgan fingerprint density at radius 2 is 2.12 bits per heavy atom. The third-order valence-electron chi connectivity index (χ3n) is 4.02. The molecule has 7 heteroatoms. The first-order valence-electron chi connectivity index (χ1n) is 8.18. The number of benzene rings is 1. The van der Waals surface area contributed by atoms with Crippen LogP contribution in [0.4, 0.5) is 4.39 Å². The first kappa shape index (κ1) is 22.1. The molecule has 0 spiro atoms. The molecule has 142 valence electrons. The lowest BCUT2D eigenvalue weighted by Gasteiger charge is -2.22.